The Balaban J connectivity index is 1.81. The first-order chi connectivity index (χ1) is 12.8. The average molecular weight is 384 g/mol. The minimum absolute atomic E-state index is 0.00475. The summed E-state index contributed by atoms with van der Waals surface area (Å²) in [6.45, 7) is 13.4. The fourth-order valence-corrected chi connectivity index (χ4v) is 4.19. The number of hydrogen-bond donors (Lipinski definition) is 0. The summed E-state index contributed by atoms with van der Waals surface area (Å²) in [6, 6.07) is 10.6. The molecule has 0 saturated heterocycles. The lowest BCUT2D eigenvalue weighted by Crippen LogP contribution is -2.28. The third-order valence-electron chi connectivity index (χ3n) is 4.60. The van der Waals surface area contributed by atoms with Crippen LogP contribution in [0.15, 0.2) is 41.3 Å². The summed E-state index contributed by atoms with van der Waals surface area (Å²) in [5, 5.41) is 0. The highest BCUT2D eigenvalue weighted by Crippen LogP contribution is 2.18. The Labute approximate surface area is 165 Å². The number of benzene rings is 1. The Kier molecular flexibility index (Phi) is 6.12. The number of aromatic nitrogens is 2. The zero-order chi connectivity index (χ0) is 19.6. The predicted molar refractivity (Wildman–Crippen MR) is 114 cm³/mol. The van der Waals surface area contributed by atoms with Gasteiger partial charge in [0.1, 0.15) is 0 Å². The van der Waals surface area contributed by atoms with E-state index in [9.17, 15) is 4.79 Å². The van der Waals surface area contributed by atoms with Gasteiger partial charge in [0.2, 0.25) is 0 Å². The number of hydrogen-bond acceptors (Lipinski definition) is 4. The van der Waals surface area contributed by atoms with Crippen molar-refractivity contribution in [3.05, 3.63) is 68.6 Å². The number of thiazole rings is 1. The molecule has 0 aliphatic carbocycles. The molecule has 0 spiro atoms. The van der Waals surface area contributed by atoms with Crippen molar-refractivity contribution in [2.24, 2.45) is 5.92 Å². The molecule has 27 heavy (non-hydrogen) atoms. The van der Waals surface area contributed by atoms with Crippen LogP contribution in [0.25, 0.3) is 4.96 Å². The second-order valence-electron chi connectivity index (χ2n) is 8.04. The molecule has 0 amide bonds. The third-order valence-corrected chi connectivity index (χ3v) is 5.50. The standard InChI is InChI=1S/C22H29N3OS/c1-15(2)11-24(13-18-6-8-19(9-7-18)16(3)4)14-20-10-21(26)25-12-17(5)27-22(25)23-20/h6-10,12,15-16H,11,13-14H2,1-5H3. The fraction of sp³-hybridized carbons (Fsp3) is 0.455. The van der Waals surface area contributed by atoms with Crippen molar-refractivity contribution in [3.8, 4) is 0 Å². The van der Waals surface area contributed by atoms with E-state index >= 15 is 0 Å². The van der Waals surface area contributed by atoms with Crippen LogP contribution in [0.2, 0.25) is 0 Å². The van der Waals surface area contributed by atoms with Gasteiger partial charge in [-0.05, 0) is 29.9 Å². The van der Waals surface area contributed by atoms with Crippen molar-refractivity contribution in [3.63, 3.8) is 0 Å². The van der Waals surface area contributed by atoms with Gasteiger partial charge in [-0.15, -0.1) is 11.3 Å². The normalized spacial score (nSPS) is 12.0. The second kappa shape index (κ2) is 8.36. The summed E-state index contributed by atoms with van der Waals surface area (Å²) in [6.07, 6.45) is 1.86. The predicted octanol–water partition coefficient (Wildman–Crippen LogP) is 4.85. The van der Waals surface area contributed by atoms with E-state index in [-0.39, 0.29) is 5.56 Å². The first-order valence-electron chi connectivity index (χ1n) is 9.61. The minimum atomic E-state index is 0.00475. The molecule has 0 aliphatic rings. The van der Waals surface area contributed by atoms with Crippen molar-refractivity contribution in [1.82, 2.24) is 14.3 Å². The molecule has 0 saturated carbocycles. The molecule has 0 fully saturated rings. The van der Waals surface area contributed by atoms with Gasteiger partial charge < -0.3 is 0 Å². The second-order valence-corrected chi connectivity index (χ2v) is 9.25. The highest BCUT2D eigenvalue weighted by molar-refractivity contribution is 7.16. The van der Waals surface area contributed by atoms with Gasteiger partial charge in [0, 0.05) is 36.8 Å². The lowest BCUT2D eigenvalue weighted by molar-refractivity contribution is 0.225. The van der Waals surface area contributed by atoms with Gasteiger partial charge in [-0.1, -0.05) is 52.0 Å². The van der Waals surface area contributed by atoms with Crippen LogP contribution in [0.4, 0.5) is 0 Å². The quantitative estimate of drug-likeness (QED) is 0.585. The Bertz CT molecular complexity index is 954. The largest absolute Gasteiger partial charge is 0.293 e. The van der Waals surface area contributed by atoms with Crippen molar-refractivity contribution in [2.75, 3.05) is 6.54 Å². The molecule has 0 aliphatic heterocycles. The van der Waals surface area contributed by atoms with Gasteiger partial charge in [0.15, 0.2) is 4.96 Å². The Morgan fingerprint density at radius 1 is 1.11 bits per heavy atom. The molecule has 3 aromatic rings. The van der Waals surface area contributed by atoms with E-state index in [2.05, 4.69) is 56.9 Å². The van der Waals surface area contributed by atoms with Gasteiger partial charge >= 0.3 is 0 Å². The Morgan fingerprint density at radius 3 is 2.44 bits per heavy atom. The molecule has 144 valence electrons. The van der Waals surface area contributed by atoms with E-state index < -0.39 is 0 Å². The minimum Gasteiger partial charge on any atom is -0.293 e. The Morgan fingerprint density at radius 2 is 1.81 bits per heavy atom. The molecule has 5 heteroatoms. The molecule has 2 heterocycles. The van der Waals surface area contributed by atoms with Crippen LogP contribution in [0.5, 0.6) is 0 Å². The maximum atomic E-state index is 12.4. The van der Waals surface area contributed by atoms with Crippen LogP contribution in [0, 0.1) is 12.8 Å². The van der Waals surface area contributed by atoms with Crippen LogP contribution in [0.3, 0.4) is 0 Å². The highest BCUT2D eigenvalue weighted by atomic mass is 32.1. The highest BCUT2D eigenvalue weighted by Gasteiger charge is 2.13. The monoisotopic (exact) mass is 383 g/mol. The Hall–Kier alpha value is -1.98. The van der Waals surface area contributed by atoms with E-state index in [4.69, 9.17) is 4.98 Å². The van der Waals surface area contributed by atoms with Crippen LogP contribution >= 0.6 is 11.3 Å². The fourth-order valence-electron chi connectivity index (χ4n) is 3.34. The van der Waals surface area contributed by atoms with Crippen molar-refractivity contribution in [2.45, 2.75) is 53.6 Å². The smallest absolute Gasteiger partial charge is 0.258 e. The van der Waals surface area contributed by atoms with E-state index in [1.165, 1.54) is 11.1 Å². The van der Waals surface area contributed by atoms with Gasteiger partial charge in [0.05, 0.1) is 5.69 Å². The molecule has 0 radical (unpaired) electrons. The molecule has 2 aromatic heterocycles. The van der Waals surface area contributed by atoms with Crippen molar-refractivity contribution < 1.29 is 0 Å². The van der Waals surface area contributed by atoms with Gasteiger partial charge in [-0.25, -0.2) is 4.98 Å². The van der Waals surface area contributed by atoms with Gasteiger partial charge in [-0.2, -0.15) is 0 Å². The molecular weight excluding hydrogens is 354 g/mol. The molecule has 1 aromatic carbocycles. The maximum Gasteiger partial charge on any atom is 0.258 e. The van der Waals surface area contributed by atoms with E-state index in [0.29, 0.717) is 18.4 Å². The maximum absolute atomic E-state index is 12.4. The summed E-state index contributed by atoms with van der Waals surface area (Å²) in [5.41, 5.74) is 3.51. The van der Waals surface area contributed by atoms with Gasteiger partial charge in [0.25, 0.3) is 5.56 Å². The van der Waals surface area contributed by atoms with Crippen molar-refractivity contribution in [1.29, 1.82) is 0 Å². The number of fused-ring (bicyclic) bond motifs is 1. The lowest BCUT2D eigenvalue weighted by atomic mass is 10.0. The number of aryl methyl sites for hydroxylation is 1. The zero-order valence-electron chi connectivity index (χ0n) is 16.9. The molecular formula is C22H29N3OS. The first kappa shape index (κ1) is 19.8. The van der Waals surface area contributed by atoms with Crippen LogP contribution in [-0.2, 0) is 13.1 Å². The number of rotatable bonds is 7. The van der Waals surface area contributed by atoms with E-state index in [1.54, 1.807) is 21.8 Å². The molecule has 0 bridgehead atoms. The van der Waals surface area contributed by atoms with Crippen LogP contribution < -0.4 is 5.56 Å². The lowest BCUT2D eigenvalue weighted by Gasteiger charge is -2.24. The number of nitrogens with zero attached hydrogens (tertiary/aromatic N) is 3. The summed E-state index contributed by atoms with van der Waals surface area (Å²) < 4.78 is 1.64. The van der Waals surface area contributed by atoms with E-state index in [1.807, 2.05) is 13.1 Å². The summed E-state index contributed by atoms with van der Waals surface area (Å²) in [7, 11) is 0. The average Bonchev–Trinajstić information content (AvgIpc) is 2.95. The zero-order valence-corrected chi connectivity index (χ0v) is 17.7. The van der Waals surface area contributed by atoms with Crippen LogP contribution in [0.1, 0.15) is 55.3 Å². The summed E-state index contributed by atoms with van der Waals surface area (Å²) in [4.78, 5) is 21.4. The topological polar surface area (TPSA) is 37.6 Å². The third kappa shape index (κ3) is 5.05. The summed E-state index contributed by atoms with van der Waals surface area (Å²) in [5.74, 6) is 1.10. The molecule has 0 unspecified atom stereocenters. The molecule has 0 atom stereocenters. The SMILES string of the molecule is Cc1cn2c(=O)cc(CN(Cc3ccc(C(C)C)cc3)CC(C)C)nc2s1. The van der Waals surface area contributed by atoms with Gasteiger partial charge in [-0.3, -0.25) is 14.1 Å². The first-order valence-corrected chi connectivity index (χ1v) is 10.4. The molecule has 3 rings (SSSR count). The van der Waals surface area contributed by atoms with Crippen molar-refractivity contribution >= 4 is 16.3 Å². The molecule has 0 N–H and O–H groups in total. The van der Waals surface area contributed by atoms with E-state index in [0.717, 1.165) is 28.6 Å². The summed E-state index contributed by atoms with van der Waals surface area (Å²) >= 11 is 1.56. The molecule has 4 nitrogen and oxygen atoms in total. The van der Waals surface area contributed by atoms with Crippen LogP contribution in [-0.4, -0.2) is 20.8 Å².